The lowest BCUT2D eigenvalue weighted by atomic mass is 10.0. The highest BCUT2D eigenvalue weighted by atomic mass is 32.2. The summed E-state index contributed by atoms with van der Waals surface area (Å²) in [6, 6.07) is 0.481. The molecule has 1 aromatic carbocycles. The lowest BCUT2D eigenvalue weighted by Gasteiger charge is -2.27. The summed E-state index contributed by atoms with van der Waals surface area (Å²) in [5.74, 6) is -5.69. The molecule has 252 valence electrons. The first-order valence-electron chi connectivity index (χ1n) is 14.9. The van der Waals surface area contributed by atoms with Crippen LogP contribution in [-0.4, -0.2) is 104 Å². The van der Waals surface area contributed by atoms with Gasteiger partial charge in [0.25, 0.3) is 0 Å². The van der Waals surface area contributed by atoms with Gasteiger partial charge in [0, 0.05) is 23.1 Å². The third-order valence-corrected chi connectivity index (χ3v) is 8.50. The highest BCUT2D eigenvalue weighted by Crippen LogP contribution is 2.31. The average Bonchev–Trinajstić information content (AvgIpc) is 3.32. The lowest BCUT2D eigenvalue weighted by Crippen LogP contribution is -2.60. The standard InChI is InChI=1S/C30H42N6O9S/c1-13(2)10-20-26(41)31-14(3)24(39)36-23(15(4)37)28(43)34-22(30(44)45)12-46-29-18(17-8-6-7-9-19(17)35-29)11-21(27(42)33-20)32-25(40)16(5)38/h6-9,13-16,20-23,35,37-38H,10-12H2,1-5H3,(H,31,41)(H,32,40)(H,33,42)(H,34,43)(H,36,39)(H,44,45)/t14-,15-,16-,20+,21+,22+,23+/m1/s1. The molecule has 0 bridgehead atoms. The third kappa shape index (κ3) is 9.43. The van der Waals surface area contributed by atoms with Crippen LogP contribution in [-0.2, 0) is 35.2 Å². The highest BCUT2D eigenvalue weighted by molar-refractivity contribution is 7.99. The minimum atomic E-state index is -1.54. The molecule has 0 saturated heterocycles. The number of nitrogens with one attached hydrogen (secondary N) is 6. The van der Waals surface area contributed by atoms with Crippen LogP contribution < -0.4 is 26.6 Å². The summed E-state index contributed by atoms with van der Waals surface area (Å²) in [5.41, 5.74) is 1.21. The molecule has 0 spiro atoms. The molecule has 1 aromatic heterocycles. The Hall–Kier alpha value is -4.15. The number of amides is 5. The number of aliphatic hydroxyl groups excluding tert-OH is 2. The van der Waals surface area contributed by atoms with E-state index in [1.807, 2.05) is 13.8 Å². The van der Waals surface area contributed by atoms with E-state index in [2.05, 4.69) is 31.6 Å². The van der Waals surface area contributed by atoms with Crippen molar-refractivity contribution in [1.29, 1.82) is 0 Å². The van der Waals surface area contributed by atoms with Crippen LogP contribution in [0.1, 0.15) is 46.6 Å². The van der Waals surface area contributed by atoms with E-state index in [-0.39, 0.29) is 24.5 Å². The Kier molecular flexibility index (Phi) is 12.6. The van der Waals surface area contributed by atoms with Crippen LogP contribution >= 0.6 is 11.8 Å². The number of carboxylic acids is 1. The van der Waals surface area contributed by atoms with Crippen LogP contribution in [0.3, 0.4) is 0 Å². The van der Waals surface area contributed by atoms with Crippen molar-refractivity contribution in [2.45, 2.75) is 94.9 Å². The van der Waals surface area contributed by atoms with E-state index < -0.39 is 77.9 Å². The molecule has 1 aliphatic heterocycles. The Morgan fingerprint density at radius 3 is 2.22 bits per heavy atom. The molecule has 0 saturated carbocycles. The van der Waals surface area contributed by atoms with E-state index >= 15 is 0 Å². The number of hydrogen-bond donors (Lipinski definition) is 9. The van der Waals surface area contributed by atoms with Gasteiger partial charge in [-0.25, -0.2) is 4.79 Å². The molecule has 2 heterocycles. The Morgan fingerprint density at radius 1 is 0.935 bits per heavy atom. The van der Waals surface area contributed by atoms with Gasteiger partial charge in [0.1, 0.15) is 36.3 Å². The van der Waals surface area contributed by atoms with Crippen molar-refractivity contribution in [3.63, 3.8) is 0 Å². The number of thioether (sulfide) groups is 1. The van der Waals surface area contributed by atoms with Gasteiger partial charge < -0.3 is 46.9 Å². The Morgan fingerprint density at radius 2 is 1.61 bits per heavy atom. The van der Waals surface area contributed by atoms with E-state index in [4.69, 9.17) is 0 Å². The fraction of sp³-hybridized carbons (Fsp3) is 0.533. The molecule has 0 aliphatic carbocycles. The van der Waals surface area contributed by atoms with Gasteiger partial charge in [0.05, 0.1) is 11.1 Å². The van der Waals surface area contributed by atoms with Crippen molar-refractivity contribution in [2.24, 2.45) is 5.92 Å². The first kappa shape index (κ1) is 36.3. The number of hydrogen-bond acceptors (Lipinski definition) is 9. The van der Waals surface area contributed by atoms with E-state index in [0.29, 0.717) is 21.5 Å². The molecular formula is C30H42N6O9S. The van der Waals surface area contributed by atoms with Crippen LogP contribution in [0.4, 0.5) is 0 Å². The number of carbonyl (C=O) groups is 6. The first-order chi connectivity index (χ1) is 21.6. The minimum Gasteiger partial charge on any atom is -0.480 e. The van der Waals surface area contributed by atoms with E-state index in [1.54, 1.807) is 24.3 Å². The summed E-state index contributed by atoms with van der Waals surface area (Å²) in [6.07, 6.45) is -2.80. The predicted molar refractivity (Wildman–Crippen MR) is 169 cm³/mol. The van der Waals surface area contributed by atoms with Crippen molar-refractivity contribution in [2.75, 3.05) is 5.75 Å². The maximum absolute atomic E-state index is 13.8. The van der Waals surface area contributed by atoms with Gasteiger partial charge in [-0.2, -0.15) is 0 Å². The van der Waals surface area contributed by atoms with Gasteiger partial charge in [0.15, 0.2) is 0 Å². The topological polar surface area (TPSA) is 239 Å². The molecular weight excluding hydrogens is 620 g/mol. The maximum Gasteiger partial charge on any atom is 0.327 e. The summed E-state index contributed by atoms with van der Waals surface area (Å²) in [6.45, 7) is 7.50. The summed E-state index contributed by atoms with van der Waals surface area (Å²) in [4.78, 5) is 81.2. The van der Waals surface area contributed by atoms with Crippen molar-refractivity contribution in [3.8, 4) is 0 Å². The van der Waals surface area contributed by atoms with E-state index in [1.165, 1.54) is 20.8 Å². The van der Waals surface area contributed by atoms with Crippen molar-refractivity contribution < 1.29 is 44.1 Å². The molecule has 16 heteroatoms. The second-order valence-corrected chi connectivity index (χ2v) is 12.8. The van der Waals surface area contributed by atoms with E-state index in [0.717, 1.165) is 11.8 Å². The van der Waals surface area contributed by atoms with Crippen molar-refractivity contribution >= 4 is 58.2 Å². The SMILES string of the molecule is CC(C)C[C@@H]1NC(=O)[C@@H](NC(=O)[C@@H](C)O)Cc2c([nH]c3ccccc23)SC[C@@H](C(=O)O)NC(=O)[C@H]([C@@H](C)O)NC(=O)[C@@H](C)NC1=O. The maximum atomic E-state index is 13.8. The molecule has 0 unspecified atom stereocenters. The predicted octanol–water partition coefficient (Wildman–Crippen LogP) is -0.848. The zero-order chi connectivity index (χ0) is 34.3. The van der Waals surface area contributed by atoms with Gasteiger partial charge >= 0.3 is 5.97 Å². The number of rotatable bonds is 6. The molecule has 9 N–H and O–H groups in total. The average molecular weight is 663 g/mol. The molecule has 46 heavy (non-hydrogen) atoms. The third-order valence-electron chi connectivity index (χ3n) is 7.36. The van der Waals surface area contributed by atoms with Gasteiger partial charge in [0.2, 0.25) is 29.5 Å². The number of fused-ring (bicyclic) bond motifs is 3. The monoisotopic (exact) mass is 662 g/mol. The fourth-order valence-electron chi connectivity index (χ4n) is 4.85. The Labute approximate surface area is 270 Å². The zero-order valence-electron chi connectivity index (χ0n) is 26.2. The minimum absolute atomic E-state index is 0.0781. The number of para-hydroxylation sites is 1. The lowest BCUT2D eigenvalue weighted by molar-refractivity contribution is -0.142. The van der Waals surface area contributed by atoms with Crippen LogP contribution in [0.2, 0.25) is 0 Å². The second-order valence-electron chi connectivity index (χ2n) is 11.8. The Bertz CT molecular complexity index is 1460. The normalized spacial score (nSPS) is 25.2. The number of aliphatic carboxylic acids is 1. The number of carboxylic acid groups (broad SMARTS) is 1. The molecule has 7 atom stereocenters. The van der Waals surface area contributed by atoms with Gasteiger partial charge in [-0.05, 0) is 44.7 Å². The van der Waals surface area contributed by atoms with Crippen molar-refractivity contribution in [1.82, 2.24) is 31.6 Å². The molecule has 3 rings (SSSR count). The molecule has 1 aliphatic rings. The van der Waals surface area contributed by atoms with Crippen LogP contribution in [0.25, 0.3) is 10.9 Å². The largest absolute Gasteiger partial charge is 0.480 e. The Balaban J connectivity index is 2.13. The fourth-order valence-corrected chi connectivity index (χ4v) is 5.96. The smallest absolute Gasteiger partial charge is 0.327 e. The number of benzene rings is 1. The highest BCUT2D eigenvalue weighted by Gasteiger charge is 2.34. The van der Waals surface area contributed by atoms with Crippen LogP contribution in [0.5, 0.6) is 0 Å². The van der Waals surface area contributed by atoms with Crippen LogP contribution in [0.15, 0.2) is 29.3 Å². The molecule has 0 fully saturated rings. The number of aromatic nitrogens is 1. The number of carbonyl (C=O) groups excluding carboxylic acids is 5. The number of aliphatic hydroxyl groups is 2. The molecule has 2 aromatic rings. The first-order valence-corrected chi connectivity index (χ1v) is 15.9. The van der Waals surface area contributed by atoms with E-state index in [9.17, 15) is 44.1 Å². The zero-order valence-corrected chi connectivity index (χ0v) is 27.1. The molecule has 15 nitrogen and oxygen atoms in total. The molecule has 5 amide bonds. The van der Waals surface area contributed by atoms with Crippen LogP contribution in [0, 0.1) is 5.92 Å². The quantitative estimate of drug-likeness (QED) is 0.186. The summed E-state index contributed by atoms with van der Waals surface area (Å²) in [7, 11) is 0. The number of H-pyrrole nitrogens is 1. The second kappa shape index (κ2) is 15.9. The molecule has 0 radical (unpaired) electrons. The van der Waals surface area contributed by atoms with Crippen molar-refractivity contribution in [3.05, 3.63) is 29.8 Å². The summed E-state index contributed by atoms with van der Waals surface area (Å²) >= 11 is 1.04. The number of aromatic amines is 1. The summed E-state index contributed by atoms with van der Waals surface area (Å²) in [5, 5.41) is 43.7. The van der Waals surface area contributed by atoms with Gasteiger partial charge in [-0.3, -0.25) is 24.0 Å². The summed E-state index contributed by atoms with van der Waals surface area (Å²) < 4.78 is 0. The van der Waals surface area contributed by atoms with Gasteiger partial charge in [-0.1, -0.05) is 32.0 Å². The van der Waals surface area contributed by atoms with Gasteiger partial charge in [-0.15, -0.1) is 11.8 Å².